The van der Waals surface area contributed by atoms with E-state index >= 15 is 0 Å². The number of unbranched alkanes of at least 4 members (excludes halogenated alkanes) is 2. The van der Waals surface area contributed by atoms with Crippen LogP contribution in [0.5, 0.6) is 0 Å². The molecule has 0 radical (unpaired) electrons. The second kappa shape index (κ2) is 11.4. The fourth-order valence-electron chi connectivity index (χ4n) is 4.75. The Kier molecular flexibility index (Phi) is 9.12. The monoisotopic (exact) mass is 435 g/mol. The van der Waals surface area contributed by atoms with E-state index in [-0.39, 0.29) is 11.7 Å². The SMILES string of the molecule is CCCCN(CCCC)C(=O)/C(=C(\O)c1c(C)cc(C)cc1C)c1c(C)cc(C)cc1C. The van der Waals surface area contributed by atoms with Crippen molar-refractivity contribution < 1.29 is 9.90 Å². The number of aliphatic hydroxyl groups excluding tert-OH is 1. The van der Waals surface area contributed by atoms with Crippen LogP contribution in [0.4, 0.5) is 0 Å². The van der Waals surface area contributed by atoms with Gasteiger partial charge >= 0.3 is 0 Å². The van der Waals surface area contributed by atoms with Gasteiger partial charge in [-0.15, -0.1) is 0 Å². The molecule has 174 valence electrons. The molecule has 0 aromatic heterocycles. The van der Waals surface area contributed by atoms with Crippen molar-refractivity contribution in [3.05, 3.63) is 68.8 Å². The molecule has 0 heterocycles. The molecular weight excluding hydrogens is 394 g/mol. The third-order valence-corrected chi connectivity index (χ3v) is 6.14. The fourth-order valence-corrected chi connectivity index (χ4v) is 4.75. The number of aryl methyl sites for hydroxylation is 6. The van der Waals surface area contributed by atoms with E-state index in [4.69, 9.17) is 0 Å². The van der Waals surface area contributed by atoms with Crippen molar-refractivity contribution in [2.75, 3.05) is 13.1 Å². The molecule has 32 heavy (non-hydrogen) atoms. The number of rotatable bonds is 9. The lowest BCUT2D eigenvalue weighted by molar-refractivity contribution is -0.125. The van der Waals surface area contributed by atoms with Gasteiger partial charge in [-0.25, -0.2) is 0 Å². The predicted octanol–water partition coefficient (Wildman–Crippen LogP) is 7.39. The molecule has 1 N–H and O–H groups in total. The minimum absolute atomic E-state index is 0.0705. The van der Waals surface area contributed by atoms with Crippen LogP contribution in [0.1, 0.15) is 84.0 Å². The van der Waals surface area contributed by atoms with Gasteiger partial charge in [0, 0.05) is 18.7 Å². The number of amides is 1. The van der Waals surface area contributed by atoms with E-state index in [2.05, 4.69) is 52.0 Å². The summed E-state index contributed by atoms with van der Waals surface area (Å²) in [4.78, 5) is 16.0. The number of nitrogens with zero attached hydrogens (tertiary/aromatic N) is 1. The normalized spacial score (nSPS) is 12.0. The lowest BCUT2D eigenvalue weighted by Gasteiger charge is -2.27. The van der Waals surface area contributed by atoms with Crippen molar-refractivity contribution in [2.45, 2.75) is 81.1 Å². The van der Waals surface area contributed by atoms with E-state index in [1.807, 2.05) is 32.6 Å². The number of aliphatic hydroxyl groups is 1. The highest BCUT2D eigenvalue weighted by Crippen LogP contribution is 2.34. The Bertz CT molecular complexity index is 946. The highest BCUT2D eigenvalue weighted by molar-refractivity contribution is 6.26. The molecule has 0 saturated heterocycles. The Morgan fingerprint density at radius 3 is 1.47 bits per heavy atom. The average molecular weight is 436 g/mol. The molecule has 0 aliphatic rings. The molecule has 2 aromatic rings. The summed E-state index contributed by atoms with van der Waals surface area (Å²) in [5, 5.41) is 11.7. The summed E-state index contributed by atoms with van der Waals surface area (Å²) >= 11 is 0. The van der Waals surface area contributed by atoms with Gasteiger partial charge in [-0.05, 0) is 82.2 Å². The van der Waals surface area contributed by atoms with Crippen molar-refractivity contribution in [3.8, 4) is 0 Å². The molecule has 0 atom stereocenters. The molecule has 2 aromatic carbocycles. The highest BCUT2D eigenvalue weighted by Gasteiger charge is 2.27. The minimum Gasteiger partial charge on any atom is -0.506 e. The molecule has 3 heteroatoms. The maximum absolute atomic E-state index is 14.1. The maximum atomic E-state index is 14.1. The van der Waals surface area contributed by atoms with Crippen LogP contribution in [0.15, 0.2) is 24.3 Å². The highest BCUT2D eigenvalue weighted by atomic mass is 16.3. The second-order valence-electron chi connectivity index (χ2n) is 9.27. The molecule has 0 unspecified atom stereocenters. The molecule has 0 bridgehead atoms. The molecule has 0 spiro atoms. The van der Waals surface area contributed by atoms with Gasteiger partial charge in [-0.1, -0.05) is 62.1 Å². The first kappa shape index (κ1) is 25.7. The zero-order valence-corrected chi connectivity index (χ0v) is 21.4. The van der Waals surface area contributed by atoms with Crippen LogP contribution >= 0.6 is 0 Å². The number of carbonyl (C=O) groups excluding carboxylic acids is 1. The quantitative estimate of drug-likeness (QED) is 0.253. The van der Waals surface area contributed by atoms with Crippen molar-refractivity contribution >= 4 is 17.2 Å². The first-order chi connectivity index (χ1) is 15.1. The number of hydrogen-bond acceptors (Lipinski definition) is 2. The van der Waals surface area contributed by atoms with E-state index in [1.165, 1.54) is 0 Å². The van der Waals surface area contributed by atoms with E-state index in [0.29, 0.717) is 18.7 Å². The summed E-state index contributed by atoms with van der Waals surface area (Å²) in [6, 6.07) is 8.34. The predicted molar refractivity (Wildman–Crippen MR) is 137 cm³/mol. The first-order valence-corrected chi connectivity index (χ1v) is 12.0. The van der Waals surface area contributed by atoms with Crippen LogP contribution in [0.25, 0.3) is 11.3 Å². The molecule has 3 nitrogen and oxygen atoms in total. The smallest absolute Gasteiger partial charge is 0.258 e. The summed E-state index contributed by atoms with van der Waals surface area (Å²) in [7, 11) is 0. The standard InChI is InChI=1S/C29H41NO2/c1-9-11-13-30(14-12-10-2)29(32)27(25-21(5)15-19(3)16-22(25)6)28(31)26-23(7)17-20(4)18-24(26)8/h15-18,31H,9-14H2,1-8H3/b28-27-. The van der Waals surface area contributed by atoms with Crippen LogP contribution < -0.4 is 0 Å². The van der Waals surface area contributed by atoms with E-state index in [1.54, 1.807) is 0 Å². The second-order valence-corrected chi connectivity index (χ2v) is 9.27. The Morgan fingerprint density at radius 1 is 0.719 bits per heavy atom. The largest absolute Gasteiger partial charge is 0.506 e. The number of benzene rings is 2. The van der Waals surface area contributed by atoms with E-state index in [9.17, 15) is 9.90 Å². The zero-order chi connectivity index (χ0) is 24.0. The molecular formula is C29H41NO2. The van der Waals surface area contributed by atoms with Crippen LogP contribution in [0.3, 0.4) is 0 Å². The summed E-state index contributed by atoms with van der Waals surface area (Å²) in [6.45, 7) is 17.9. The van der Waals surface area contributed by atoms with Gasteiger partial charge in [0.15, 0.2) is 0 Å². The fraction of sp³-hybridized carbons (Fsp3) is 0.483. The topological polar surface area (TPSA) is 40.5 Å². The van der Waals surface area contributed by atoms with Gasteiger partial charge in [0.25, 0.3) is 5.91 Å². The number of hydrogen-bond donors (Lipinski definition) is 1. The Balaban J connectivity index is 2.81. The average Bonchev–Trinajstić information content (AvgIpc) is 2.69. The van der Waals surface area contributed by atoms with Crippen molar-refractivity contribution in [3.63, 3.8) is 0 Å². The van der Waals surface area contributed by atoms with E-state index in [0.717, 1.165) is 70.2 Å². The van der Waals surface area contributed by atoms with Gasteiger partial charge < -0.3 is 10.0 Å². The summed E-state index contributed by atoms with van der Waals surface area (Å²) in [5.74, 6) is 0.0249. The van der Waals surface area contributed by atoms with Crippen molar-refractivity contribution in [1.82, 2.24) is 4.90 Å². The van der Waals surface area contributed by atoms with Gasteiger partial charge in [0.2, 0.25) is 0 Å². The number of carbonyl (C=O) groups is 1. The maximum Gasteiger partial charge on any atom is 0.258 e. The van der Waals surface area contributed by atoms with Gasteiger partial charge in [0.1, 0.15) is 5.76 Å². The Hall–Kier alpha value is -2.55. The van der Waals surface area contributed by atoms with Crippen LogP contribution in [0.2, 0.25) is 0 Å². The molecule has 0 fully saturated rings. The van der Waals surface area contributed by atoms with Crippen molar-refractivity contribution in [1.29, 1.82) is 0 Å². The lowest BCUT2D eigenvalue weighted by atomic mass is 9.88. The third-order valence-electron chi connectivity index (χ3n) is 6.14. The van der Waals surface area contributed by atoms with Crippen LogP contribution in [0, 0.1) is 41.5 Å². The van der Waals surface area contributed by atoms with Crippen LogP contribution in [-0.4, -0.2) is 29.0 Å². The Morgan fingerprint density at radius 2 is 1.09 bits per heavy atom. The van der Waals surface area contributed by atoms with Crippen molar-refractivity contribution in [2.24, 2.45) is 0 Å². The molecule has 0 aliphatic heterocycles. The summed E-state index contributed by atoms with van der Waals surface area (Å²) in [5.41, 5.74) is 8.38. The lowest BCUT2D eigenvalue weighted by Crippen LogP contribution is -2.34. The Labute approximate surface area is 195 Å². The van der Waals surface area contributed by atoms with Gasteiger partial charge in [-0.2, -0.15) is 0 Å². The summed E-state index contributed by atoms with van der Waals surface area (Å²) in [6.07, 6.45) is 3.97. The molecule has 1 amide bonds. The third kappa shape index (κ3) is 5.82. The minimum atomic E-state index is -0.0705. The molecule has 0 saturated carbocycles. The zero-order valence-electron chi connectivity index (χ0n) is 21.4. The summed E-state index contributed by atoms with van der Waals surface area (Å²) < 4.78 is 0. The van der Waals surface area contributed by atoms with Gasteiger partial charge in [0.05, 0.1) is 5.57 Å². The van der Waals surface area contributed by atoms with Gasteiger partial charge in [-0.3, -0.25) is 4.79 Å². The van der Waals surface area contributed by atoms with Crippen LogP contribution in [-0.2, 0) is 4.79 Å². The molecule has 0 aliphatic carbocycles. The van der Waals surface area contributed by atoms with E-state index < -0.39 is 0 Å². The molecule has 2 rings (SSSR count). The first-order valence-electron chi connectivity index (χ1n) is 12.0.